The van der Waals surface area contributed by atoms with Gasteiger partial charge in [-0.05, 0) is 36.8 Å². The standard InChI is InChI=1S/C14H8BrF3O/c1-7-2-5-11(17)12(13(7)18)14(19)9-6-8(16)3-4-10(9)15/h2-6H,1H3. The Morgan fingerprint density at radius 2 is 1.79 bits per heavy atom. The van der Waals surface area contributed by atoms with Crippen LogP contribution >= 0.6 is 15.9 Å². The van der Waals surface area contributed by atoms with Gasteiger partial charge in [0.05, 0.1) is 5.56 Å². The van der Waals surface area contributed by atoms with Crippen LogP contribution < -0.4 is 0 Å². The summed E-state index contributed by atoms with van der Waals surface area (Å²) < 4.78 is 40.9. The minimum atomic E-state index is -0.968. The second kappa shape index (κ2) is 5.17. The molecule has 0 amide bonds. The Bertz CT molecular complexity index is 668. The molecule has 2 aromatic rings. The van der Waals surface area contributed by atoms with Crippen molar-refractivity contribution in [2.75, 3.05) is 0 Å². The highest BCUT2D eigenvalue weighted by atomic mass is 79.9. The predicted molar refractivity (Wildman–Crippen MR) is 68.6 cm³/mol. The van der Waals surface area contributed by atoms with E-state index in [-0.39, 0.29) is 15.6 Å². The summed E-state index contributed by atoms with van der Waals surface area (Å²) >= 11 is 3.06. The van der Waals surface area contributed by atoms with E-state index in [0.29, 0.717) is 0 Å². The Kier molecular flexibility index (Phi) is 3.75. The van der Waals surface area contributed by atoms with Crippen LogP contribution in [0, 0.1) is 24.4 Å². The Balaban J connectivity index is 2.63. The van der Waals surface area contributed by atoms with Crippen molar-refractivity contribution in [2.45, 2.75) is 6.92 Å². The Morgan fingerprint density at radius 1 is 1.11 bits per heavy atom. The lowest BCUT2D eigenvalue weighted by Gasteiger charge is -2.08. The summed E-state index contributed by atoms with van der Waals surface area (Å²) in [6.07, 6.45) is 0. The molecule has 0 spiro atoms. The maximum atomic E-state index is 13.9. The lowest BCUT2D eigenvalue weighted by Crippen LogP contribution is -2.10. The third-order valence-electron chi connectivity index (χ3n) is 2.68. The van der Waals surface area contributed by atoms with Crippen molar-refractivity contribution in [3.8, 4) is 0 Å². The van der Waals surface area contributed by atoms with Crippen LogP contribution in [0.2, 0.25) is 0 Å². The molecule has 0 N–H and O–H groups in total. The number of aryl methyl sites for hydroxylation is 1. The molecule has 98 valence electrons. The van der Waals surface area contributed by atoms with Crippen molar-refractivity contribution < 1.29 is 18.0 Å². The van der Waals surface area contributed by atoms with Gasteiger partial charge in [-0.25, -0.2) is 13.2 Å². The molecular weight excluding hydrogens is 321 g/mol. The molecule has 0 radical (unpaired) electrons. The fourth-order valence-corrected chi connectivity index (χ4v) is 2.10. The number of ketones is 1. The van der Waals surface area contributed by atoms with Gasteiger partial charge in [-0.1, -0.05) is 22.0 Å². The number of benzene rings is 2. The van der Waals surface area contributed by atoms with E-state index in [1.54, 1.807) is 0 Å². The largest absolute Gasteiger partial charge is 0.288 e. The van der Waals surface area contributed by atoms with Crippen LogP contribution in [-0.4, -0.2) is 5.78 Å². The second-order valence-corrected chi connectivity index (χ2v) is 4.86. The Labute approximate surface area is 116 Å². The SMILES string of the molecule is Cc1ccc(F)c(C(=O)c2cc(F)ccc2Br)c1F. The second-order valence-electron chi connectivity index (χ2n) is 4.01. The summed E-state index contributed by atoms with van der Waals surface area (Å²) in [5.74, 6) is -3.45. The first kappa shape index (κ1) is 13.8. The molecule has 0 aliphatic rings. The van der Waals surface area contributed by atoms with Crippen LogP contribution in [0.4, 0.5) is 13.2 Å². The zero-order chi connectivity index (χ0) is 14.2. The van der Waals surface area contributed by atoms with E-state index in [4.69, 9.17) is 0 Å². The van der Waals surface area contributed by atoms with Gasteiger partial charge in [0.1, 0.15) is 17.5 Å². The third-order valence-corrected chi connectivity index (χ3v) is 3.38. The van der Waals surface area contributed by atoms with Crippen LogP contribution in [0.5, 0.6) is 0 Å². The first-order chi connectivity index (χ1) is 8.91. The van der Waals surface area contributed by atoms with Crippen LogP contribution in [0.25, 0.3) is 0 Å². The van der Waals surface area contributed by atoms with Crippen molar-refractivity contribution in [3.05, 3.63) is 68.9 Å². The molecule has 2 aromatic carbocycles. The maximum Gasteiger partial charge on any atom is 0.200 e. The molecule has 19 heavy (non-hydrogen) atoms. The van der Waals surface area contributed by atoms with Gasteiger partial charge >= 0.3 is 0 Å². The molecule has 1 nitrogen and oxygen atoms in total. The van der Waals surface area contributed by atoms with Crippen molar-refractivity contribution in [3.63, 3.8) is 0 Å². The topological polar surface area (TPSA) is 17.1 Å². The molecule has 0 unspecified atom stereocenters. The maximum absolute atomic E-state index is 13.9. The van der Waals surface area contributed by atoms with E-state index < -0.39 is 28.8 Å². The lowest BCUT2D eigenvalue weighted by atomic mass is 10.00. The van der Waals surface area contributed by atoms with Gasteiger partial charge in [-0.3, -0.25) is 4.79 Å². The average Bonchev–Trinajstić information content (AvgIpc) is 2.37. The number of rotatable bonds is 2. The highest BCUT2D eigenvalue weighted by molar-refractivity contribution is 9.10. The number of hydrogen-bond acceptors (Lipinski definition) is 1. The minimum absolute atomic E-state index is 0.122. The first-order valence-corrected chi connectivity index (χ1v) is 6.15. The van der Waals surface area contributed by atoms with Gasteiger partial charge in [0, 0.05) is 10.0 Å². The molecule has 2 rings (SSSR count). The van der Waals surface area contributed by atoms with Gasteiger partial charge in [-0.2, -0.15) is 0 Å². The third kappa shape index (κ3) is 2.56. The van der Waals surface area contributed by atoms with Crippen LogP contribution in [-0.2, 0) is 0 Å². The van der Waals surface area contributed by atoms with Crippen molar-refractivity contribution in [2.24, 2.45) is 0 Å². The van der Waals surface area contributed by atoms with Gasteiger partial charge in [0.15, 0.2) is 5.78 Å². The molecule has 5 heteroatoms. The van der Waals surface area contributed by atoms with Gasteiger partial charge < -0.3 is 0 Å². The summed E-state index contributed by atoms with van der Waals surface area (Å²) in [6, 6.07) is 5.65. The molecule has 0 aromatic heterocycles. The highest BCUT2D eigenvalue weighted by Crippen LogP contribution is 2.25. The van der Waals surface area contributed by atoms with E-state index in [9.17, 15) is 18.0 Å². The van der Waals surface area contributed by atoms with E-state index in [2.05, 4.69) is 15.9 Å². The smallest absolute Gasteiger partial charge is 0.200 e. The summed E-state index contributed by atoms with van der Waals surface area (Å²) in [7, 11) is 0. The molecule has 0 atom stereocenters. The molecule has 0 saturated carbocycles. The van der Waals surface area contributed by atoms with Crippen molar-refractivity contribution in [1.82, 2.24) is 0 Å². The monoisotopic (exact) mass is 328 g/mol. The van der Waals surface area contributed by atoms with E-state index in [0.717, 1.165) is 18.2 Å². The van der Waals surface area contributed by atoms with Crippen molar-refractivity contribution in [1.29, 1.82) is 0 Å². The number of halogens is 4. The molecule has 0 aliphatic carbocycles. The number of carbonyl (C=O) groups is 1. The number of carbonyl (C=O) groups excluding carboxylic acids is 1. The van der Waals surface area contributed by atoms with E-state index in [1.165, 1.54) is 19.1 Å². The normalized spacial score (nSPS) is 10.6. The molecule has 0 saturated heterocycles. The summed E-state index contributed by atoms with van der Waals surface area (Å²) in [4.78, 5) is 12.1. The summed E-state index contributed by atoms with van der Waals surface area (Å²) in [5.41, 5.74) is -0.646. The lowest BCUT2D eigenvalue weighted by molar-refractivity contribution is 0.102. The summed E-state index contributed by atoms with van der Waals surface area (Å²) in [6.45, 7) is 1.42. The fourth-order valence-electron chi connectivity index (χ4n) is 1.67. The molecule has 0 fully saturated rings. The molecule has 0 heterocycles. The van der Waals surface area contributed by atoms with E-state index in [1.807, 2.05) is 0 Å². The summed E-state index contributed by atoms with van der Waals surface area (Å²) in [5, 5.41) is 0. The van der Waals surface area contributed by atoms with Gasteiger partial charge in [0.2, 0.25) is 0 Å². The van der Waals surface area contributed by atoms with Crippen LogP contribution in [0.1, 0.15) is 21.5 Å². The van der Waals surface area contributed by atoms with E-state index >= 15 is 0 Å². The van der Waals surface area contributed by atoms with Gasteiger partial charge in [-0.15, -0.1) is 0 Å². The molecular formula is C14H8BrF3O. The van der Waals surface area contributed by atoms with Gasteiger partial charge in [0.25, 0.3) is 0 Å². The Hall–Kier alpha value is -1.62. The Morgan fingerprint density at radius 3 is 2.47 bits per heavy atom. The molecule has 0 bridgehead atoms. The minimum Gasteiger partial charge on any atom is -0.288 e. The molecule has 0 aliphatic heterocycles. The number of hydrogen-bond donors (Lipinski definition) is 0. The van der Waals surface area contributed by atoms with Crippen LogP contribution in [0.15, 0.2) is 34.8 Å². The zero-order valence-corrected chi connectivity index (χ0v) is 11.4. The predicted octanol–water partition coefficient (Wildman–Crippen LogP) is 4.41. The van der Waals surface area contributed by atoms with Crippen molar-refractivity contribution >= 4 is 21.7 Å². The fraction of sp³-hybridized carbons (Fsp3) is 0.0714. The highest BCUT2D eigenvalue weighted by Gasteiger charge is 2.22. The average molecular weight is 329 g/mol. The zero-order valence-electron chi connectivity index (χ0n) is 9.81. The quantitative estimate of drug-likeness (QED) is 0.746. The van der Waals surface area contributed by atoms with Crippen LogP contribution in [0.3, 0.4) is 0 Å². The first-order valence-electron chi connectivity index (χ1n) is 5.36.